The van der Waals surface area contributed by atoms with Gasteiger partial charge in [0.2, 0.25) is 0 Å². The summed E-state index contributed by atoms with van der Waals surface area (Å²) in [6.07, 6.45) is 3.72. The third-order valence-corrected chi connectivity index (χ3v) is 7.14. The fraction of sp³-hybridized carbons (Fsp3) is 0.357. The molecule has 1 saturated heterocycles. The molecule has 1 unspecified atom stereocenters. The highest BCUT2D eigenvalue weighted by Crippen LogP contribution is 2.39. The van der Waals surface area contributed by atoms with Crippen molar-refractivity contribution < 1.29 is 22.7 Å². The van der Waals surface area contributed by atoms with Gasteiger partial charge < -0.3 is 15.0 Å². The van der Waals surface area contributed by atoms with Crippen LogP contribution in [0.3, 0.4) is 0 Å². The van der Waals surface area contributed by atoms with Gasteiger partial charge in [-0.2, -0.15) is 13.2 Å². The van der Waals surface area contributed by atoms with Gasteiger partial charge in [-0.1, -0.05) is 12.1 Å². The topological polar surface area (TPSA) is 80.2 Å². The molecule has 1 fully saturated rings. The molecule has 0 spiro atoms. The largest absolute Gasteiger partial charge is 0.496 e. The number of nitrogens with zero attached hydrogens (tertiary/aromatic N) is 4. The lowest BCUT2D eigenvalue weighted by Crippen LogP contribution is -2.39. The minimum atomic E-state index is -4.54. The van der Waals surface area contributed by atoms with Gasteiger partial charge >= 0.3 is 6.18 Å². The van der Waals surface area contributed by atoms with Crippen LogP contribution in [0.2, 0.25) is 0 Å². The second-order valence-electron chi connectivity index (χ2n) is 9.52. The van der Waals surface area contributed by atoms with Crippen molar-refractivity contribution in [2.75, 3.05) is 26.7 Å². The Morgan fingerprint density at radius 2 is 1.97 bits per heavy atom. The first-order valence-corrected chi connectivity index (χ1v) is 12.5. The minimum absolute atomic E-state index is 0.0861. The van der Waals surface area contributed by atoms with Gasteiger partial charge in [0.25, 0.3) is 5.91 Å². The van der Waals surface area contributed by atoms with Crippen LogP contribution in [0.15, 0.2) is 49.1 Å². The standard InChI is InChI=1S/C28H28F3N5O2/c1-17-7-8-32-9-10-36(17)27(37)21-11-20(14-33-15-21)26-22-12-18(3-5-24(22)34-16-35-26)19-4-6-25(38-2)23(13-19)28(29,30)31/h3-4,6,11,13-17,32H,5,7-10,12H2,1-2H3. The van der Waals surface area contributed by atoms with Crippen molar-refractivity contribution >= 4 is 11.5 Å². The molecule has 198 valence electrons. The van der Waals surface area contributed by atoms with Crippen LogP contribution in [-0.2, 0) is 19.0 Å². The highest BCUT2D eigenvalue weighted by atomic mass is 19.4. The molecular weight excluding hydrogens is 495 g/mol. The summed E-state index contributed by atoms with van der Waals surface area (Å²) in [5.41, 5.74) is 3.76. The van der Waals surface area contributed by atoms with Gasteiger partial charge in [0, 0.05) is 55.5 Å². The van der Waals surface area contributed by atoms with E-state index in [9.17, 15) is 18.0 Å². The number of benzene rings is 1. The molecule has 0 radical (unpaired) electrons. The highest BCUT2D eigenvalue weighted by Gasteiger charge is 2.35. The molecule has 5 rings (SSSR count). The van der Waals surface area contributed by atoms with Crippen LogP contribution in [0.5, 0.6) is 5.75 Å². The third kappa shape index (κ3) is 5.13. The smallest absolute Gasteiger partial charge is 0.419 e. The van der Waals surface area contributed by atoms with Crippen LogP contribution < -0.4 is 10.1 Å². The molecule has 1 atom stereocenters. The lowest BCUT2D eigenvalue weighted by atomic mass is 9.88. The molecule has 1 aliphatic heterocycles. The summed E-state index contributed by atoms with van der Waals surface area (Å²) in [5, 5.41) is 3.32. The zero-order valence-corrected chi connectivity index (χ0v) is 21.2. The molecule has 3 heterocycles. The Balaban J connectivity index is 1.47. The number of pyridine rings is 1. The molecule has 7 nitrogen and oxygen atoms in total. The van der Waals surface area contributed by atoms with E-state index in [0.29, 0.717) is 41.8 Å². The number of carbonyl (C=O) groups is 1. The monoisotopic (exact) mass is 523 g/mol. The molecular formula is C28H28F3N5O2. The molecule has 10 heteroatoms. The Morgan fingerprint density at radius 3 is 2.76 bits per heavy atom. The number of alkyl halides is 3. The van der Waals surface area contributed by atoms with Gasteiger partial charge in [-0.25, -0.2) is 9.97 Å². The van der Waals surface area contributed by atoms with Crippen molar-refractivity contribution in [2.45, 2.75) is 38.4 Å². The maximum Gasteiger partial charge on any atom is 0.419 e. The fourth-order valence-corrected chi connectivity index (χ4v) is 5.06. The summed E-state index contributed by atoms with van der Waals surface area (Å²) < 4.78 is 45.8. The highest BCUT2D eigenvalue weighted by molar-refractivity contribution is 5.95. The summed E-state index contributed by atoms with van der Waals surface area (Å²) in [4.78, 5) is 28.5. The zero-order chi connectivity index (χ0) is 26.9. The second kappa shape index (κ2) is 10.5. The maximum atomic E-state index is 13.6. The third-order valence-electron chi connectivity index (χ3n) is 7.14. The average molecular weight is 524 g/mol. The van der Waals surface area contributed by atoms with E-state index >= 15 is 0 Å². The fourth-order valence-electron chi connectivity index (χ4n) is 5.06. The molecule has 1 aromatic carbocycles. The van der Waals surface area contributed by atoms with Crippen LogP contribution in [0.25, 0.3) is 16.8 Å². The number of hydrogen-bond donors (Lipinski definition) is 1. The number of hydrogen-bond acceptors (Lipinski definition) is 6. The summed E-state index contributed by atoms with van der Waals surface area (Å²) in [6.45, 7) is 4.26. The van der Waals surface area contributed by atoms with Crippen LogP contribution in [0.1, 0.15) is 46.1 Å². The first-order valence-electron chi connectivity index (χ1n) is 12.5. The Bertz CT molecular complexity index is 1390. The lowest BCUT2D eigenvalue weighted by molar-refractivity contribution is -0.138. The summed E-state index contributed by atoms with van der Waals surface area (Å²) in [5.74, 6) is -0.305. The van der Waals surface area contributed by atoms with E-state index in [-0.39, 0.29) is 17.7 Å². The van der Waals surface area contributed by atoms with Crippen molar-refractivity contribution in [3.8, 4) is 17.0 Å². The molecule has 38 heavy (non-hydrogen) atoms. The summed E-state index contributed by atoms with van der Waals surface area (Å²) >= 11 is 0. The number of aromatic nitrogens is 3. The maximum absolute atomic E-state index is 13.6. The van der Waals surface area contributed by atoms with Crippen LogP contribution >= 0.6 is 0 Å². The van der Waals surface area contributed by atoms with Crippen LogP contribution in [0.4, 0.5) is 13.2 Å². The van der Waals surface area contributed by atoms with E-state index in [1.165, 1.54) is 19.5 Å². The van der Waals surface area contributed by atoms with Crippen molar-refractivity contribution in [3.05, 3.63) is 77.0 Å². The van der Waals surface area contributed by atoms with Gasteiger partial charge in [-0.15, -0.1) is 0 Å². The van der Waals surface area contributed by atoms with E-state index in [4.69, 9.17) is 4.74 Å². The summed E-state index contributed by atoms with van der Waals surface area (Å²) in [7, 11) is 1.22. The average Bonchev–Trinajstić information content (AvgIpc) is 3.15. The van der Waals surface area contributed by atoms with Crippen LogP contribution in [-0.4, -0.2) is 58.5 Å². The van der Waals surface area contributed by atoms with Gasteiger partial charge in [-0.05, 0) is 49.2 Å². The molecule has 1 N–H and O–H groups in total. The van der Waals surface area contributed by atoms with E-state index in [1.807, 2.05) is 17.9 Å². The van der Waals surface area contributed by atoms with E-state index in [1.54, 1.807) is 24.5 Å². The number of halogens is 3. The van der Waals surface area contributed by atoms with Gasteiger partial charge in [0.15, 0.2) is 0 Å². The minimum Gasteiger partial charge on any atom is -0.496 e. The number of rotatable bonds is 4. The van der Waals surface area contributed by atoms with Crippen molar-refractivity contribution in [1.82, 2.24) is 25.2 Å². The number of allylic oxidation sites excluding steroid dienone is 2. The predicted molar refractivity (Wildman–Crippen MR) is 137 cm³/mol. The van der Waals surface area contributed by atoms with E-state index < -0.39 is 11.7 Å². The number of nitrogens with one attached hydrogen (secondary N) is 1. The Labute approximate surface area is 218 Å². The number of amides is 1. The normalized spacial score (nSPS) is 17.9. The number of methoxy groups -OCH3 is 1. The molecule has 2 aromatic heterocycles. The van der Waals surface area contributed by atoms with Crippen LogP contribution in [0, 0.1) is 0 Å². The molecule has 3 aromatic rings. The number of carbonyl (C=O) groups excluding carboxylic acids is 1. The van der Waals surface area contributed by atoms with E-state index in [2.05, 4.69) is 20.3 Å². The molecule has 0 bridgehead atoms. The van der Waals surface area contributed by atoms with Crippen molar-refractivity contribution in [2.24, 2.45) is 0 Å². The lowest BCUT2D eigenvalue weighted by Gasteiger charge is -2.27. The Morgan fingerprint density at radius 1 is 1.13 bits per heavy atom. The molecule has 0 saturated carbocycles. The summed E-state index contributed by atoms with van der Waals surface area (Å²) in [6, 6.07) is 5.99. The van der Waals surface area contributed by atoms with Gasteiger partial charge in [0.1, 0.15) is 12.1 Å². The SMILES string of the molecule is COc1ccc(C2=CCc3ncnc(-c4cncc(C(=O)N5CCNCCC5C)c4)c3C2)cc1C(F)(F)F. The Kier molecular flexibility index (Phi) is 7.16. The van der Waals surface area contributed by atoms with E-state index in [0.717, 1.165) is 42.4 Å². The number of fused-ring (bicyclic) bond motifs is 1. The first-order chi connectivity index (χ1) is 18.3. The van der Waals surface area contributed by atoms with Gasteiger partial charge in [-0.3, -0.25) is 9.78 Å². The second-order valence-corrected chi connectivity index (χ2v) is 9.52. The molecule has 1 amide bonds. The zero-order valence-electron chi connectivity index (χ0n) is 21.2. The van der Waals surface area contributed by atoms with Crippen molar-refractivity contribution in [3.63, 3.8) is 0 Å². The molecule has 2 aliphatic rings. The first kappa shape index (κ1) is 25.8. The van der Waals surface area contributed by atoms with Crippen molar-refractivity contribution in [1.29, 1.82) is 0 Å². The quantitative estimate of drug-likeness (QED) is 0.540. The predicted octanol–water partition coefficient (Wildman–Crippen LogP) is 4.57. The molecule has 1 aliphatic carbocycles. The van der Waals surface area contributed by atoms with Gasteiger partial charge in [0.05, 0.1) is 29.6 Å². The Hall–Kier alpha value is -3.79. The number of ether oxygens (including phenoxy) is 1.